The van der Waals surface area contributed by atoms with E-state index in [-0.39, 0.29) is 0 Å². The van der Waals surface area contributed by atoms with E-state index >= 15 is 0 Å². The number of fused-ring (bicyclic) bond motifs is 4. The second kappa shape index (κ2) is 5.93. The summed E-state index contributed by atoms with van der Waals surface area (Å²) in [5, 5.41) is 3.69. The van der Waals surface area contributed by atoms with Crippen LogP contribution in [0.5, 0.6) is 0 Å². The number of benzene rings is 2. The van der Waals surface area contributed by atoms with E-state index in [4.69, 9.17) is 9.40 Å². The van der Waals surface area contributed by atoms with Crippen LogP contribution in [-0.2, 0) is 0 Å². The highest BCUT2D eigenvalue weighted by molar-refractivity contribution is 7.19. The second-order valence-corrected chi connectivity index (χ2v) is 8.83. The van der Waals surface area contributed by atoms with Gasteiger partial charge in [-0.2, -0.15) is 0 Å². The third-order valence-corrected chi connectivity index (χ3v) is 6.21. The normalized spacial score (nSPS) is 12.0. The smallest absolute Gasteiger partial charge is 0.155 e. The lowest BCUT2D eigenvalue weighted by Gasteiger charge is -2.13. The number of hydrogen-bond donors (Lipinski definition) is 0. The predicted molar refractivity (Wildman–Crippen MR) is 116 cm³/mol. The van der Waals surface area contributed by atoms with Gasteiger partial charge in [0, 0.05) is 15.8 Å². The van der Waals surface area contributed by atoms with Gasteiger partial charge in [0.15, 0.2) is 5.58 Å². The minimum Gasteiger partial charge on any atom is -0.460 e. The second-order valence-electron chi connectivity index (χ2n) is 7.57. The van der Waals surface area contributed by atoms with Crippen molar-refractivity contribution in [3.63, 3.8) is 0 Å². The molecule has 3 aromatic heterocycles. The van der Waals surface area contributed by atoms with Crippen LogP contribution in [0.25, 0.3) is 43.2 Å². The van der Waals surface area contributed by atoms with Crippen molar-refractivity contribution >= 4 is 43.3 Å². The molecule has 2 aromatic carbocycles. The minimum absolute atomic E-state index is 0.448. The van der Waals surface area contributed by atoms with E-state index in [0.29, 0.717) is 5.92 Å². The fourth-order valence-corrected chi connectivity index (χ4v) is 4.91. The van der Waals surface area contributed by atoms with Gasteiger partial charge in [-0.25, -0.2) is 4.98 Å². The third kappa shape index (κ3) is 2.57. The summed E-state index contributed by atoms with van der Waals surface area (Å²) in [6, 6.07) is 17.5. The lowest BCUT2D eigenvalue weighted by Crippen LogP contribution is -1.93. The van der Waals surface area contributed by atoms with E-state index in [0.717, 1.165) is 38.2 Å². The number of thiophene rings is 1. The summed E-state index contributed by atoms with van der Waals surface area (Å²) >= 11 is 1.75. The molecule has 0 unspecified atom stereocenters. The first-order chi connectivity index (χ1) is 13.0. The lowest BCUT2D eigenvalue weighted by atomic mass is 9.92. The molecule has 0 saturated heterocycles. The zero-order valence-corrected chi connectivity index (χ0v) is 16.8. The van der Waals surface area contributed by atoms with Gasteiger partial charge < -0.3 is 4.42 Å². The quantitative estimate of drug-likeness (QED) is 0.319. The van der Waals surface area contributed by atoms with Crippen LogP contribution in [0.2, 0.25) is 0 Å². The highest BCUT2D eigenvalue weighted by Crippen LogP contribution is 2.40. The van der Waals surface area contributed by atoms with Crippen LogP contribution in [0.1, 0.15) is 36.0 Å². The van der Waals surface area contributed by atoms with Gasteiger partial charge in [-0.15, -0.1) is 11.3 Å². The van der Waals surface area contributed by atoms with E-state index in [2.05, 4.69) is 69.3 Å². The SMILES string of the molecule is Cc1cc2c(-c3cc(C(C)C)c4ccccc4c3)nc3cc(C)sc3c2o1. The van der Waals surface area contributed by atoms with Gasteiger partial charge in [-0.3, -0.25) is 0 Å². The molecule has 0 spiro atoms. The van der Waals surface area contributed by atoms with Crippen molar-refractivity contribution < 1.29 is 4.42 Å². The molecule has 0 aliphatic rings. The summed E-state index contributed by atoms with van der Waals surface area (Å²) < 4.78 is 7.24. The molecular weight excluding hydrogens is 350 g/mol. The van der Waals surface area contributed by atoms with Gasteiger partial charge >= 0.3 is 0 Å². The molecular formula is C24H21NOS. The molecule has 3 heteroatoms. The van der Waals surface area contributed by atoms with Crippen molar-refractivity contribution in [2.24, 2.45) is 0 Å². The van der Waals surface area contributed by atoms with Gasteiger partial charge in [0.2, 0.25) is 0 Å². The number of rotatable bonds is 2. The Morgan fingerprint density at radius 1 is 0.963 bits per heavy atom. The summed E-state index contributed by atoms with van der Waals surface area (Å²) in [6.45, 7) is 8.64. The average Bonchev–Trinajstić information content (AvgIpc) is 3.21. The van der Waals surface area contributed by atoms with Crippen LogP contribution in [0, 0.1) is 13.8 Å². The molecule has 0 aliphatic carbocycles. The number of pyridine rings is 1. The maximum Gasteiger partial charge on any atom is 0.155 e. The zero-order chi connectivity index (χ0) is 18.7. The van der Waals surface area contributed by atoms with Gasteiger partial charge in [-0.1, -0.05) is 38.1 Å². The van der Waals surface area contributed by atoms with Gasteiger partial charge in [0.05, 0.1) is 15.9 Å². The molecule has 5 rings (SSSR count). The van der Waals surface area contributed by atoms with E-state index in [1.165, 1.54) is 21.2 Å². The summed E-state index contributed by atoms with van der Waals surface area (Å²) in [5.41, 5.74) is 5.52. The van der Waals surface area contributed by atoms with Crippen LogP contribution in [0.4, 0.5) is 0 Å². The van der Waals surface area contributed by atoms with Crippen LogP contribution in [0.15, 0.2) is 52.9 Å². The molecule has 0 radical (unpaired) electrons. The standard InChI is InChI=1S/C24H21NOS/c1-13(2)19-12-17(11-16-7-5-6-8-18(16)19)22-20-9-14(3)26-23(20)24-21(25-22)10-15(4)27-24/h5-13H,1-4H3. The molecule has 0 atom stereocenters. The third-order valence-electron chi connectivity index (χ3n) is 5.17. The maximum atomic E-state index is 6.09. The molecule has 0 aliphatic heterocycles. The number of hydrogen-bond acceptors (Lipinski definition) is 3. The summed E-state index contributed by atoms with van der Waals surface area (Å²) in [6.07, 6.45) is 0. The van der Waals surface area contributed by atoms with E-state index in [9.17, 15) is 0 Å². The van der Waals surface area contributed by atoms with Crippen LogP contribution in [-0.4, -0.2) is 4.98 Å². The number of aromatic nitrogens is 1. The molecule has 0 N–H and O–H groups in total. The molecule has 2 nitrogen and oxygen atoms in total. The number of nitrogens with zero attached hydrogens (tertiary/aromatic N) is 1. The van der Waals surface area contributed by atoms with Crippen molar-refractivity contribution in [1.82, 2.24) is 4.98 Å². The Kier molecular flexibility index (Phi) is 3.63. The first-order valence-corrected chi connectivity index (χ1v) is 10.2. The van der Waals surface area contributed by atoms with Crippen molar-refractivity contribution in [1.29, 1.82) is 0 Å². The van der Waals surface area contributed by atoms with E-state index in [1.54, 1.807) is 11.3 Å². The number of aryl methyl sites for hydroxylation is 2. The van der Waals surface area contributed by atoms with Crippen LogP contribution >= 0.6 is 11.3 Å². The summed E-state index contributed by atoms with van der Waals surface area (Å²) in [5.74, 6) is 1.38. The maximum absolute atomic E-state index is 6.09. The van der Waals surface area contributed by atoms with Gasteiger partial charge in [0.1, 0.15) is 5.76 Å². The van der Waals surface area contributed by atoms with Crippen LogP contribution < -0.4 is 0 Å². The van der Waals surface area contributed by atoms with E-state index < -0.39 is 0 Å². The lowest BCUT2D eigenvalue weighted by molar-refractivity contribution is 0.582. The van der Waals surface area contributed by atoms with Crippen molar-refractivity contribution in [2.75, 3.05) is 0 Å². The monoisotopic (exact) mass is 371 g/mol. The molecule has 0 fully saturated rings. The number of furan rings is 1. The molecule has 5 aromatic rings. The predicted octanol–water partition coefficient (Wildman–Crippen LogP) is 7.60. The van der Waals surface area contributed by atoms with Gasteiger partial charge in [0.25, 0.3) is 0 Å². The van der Waals surface area contributed by atoms with Crippen molar-refractivity contribution in [3.8, 4) is 11.3 Å². The van der Waals surface area contributed by atoms with Crippen molar-refractivity contribution in [2.45, 2.75) is 33.6 Å². The average molecular weight is 372 g/mol. The molecule has 134 valence electrons. The highest BCUT2D eigenvalue weighted by Gasteiger charge is 2.18. The molecule has 0 amide bonds. The minimum atomic E-state index is 0.448. The first-order valence-electron chi connectivity index (χ1n) is 9.34. The Morgan fingerprint density at radius 2 is 1.78 bits per heavy atom. The largest absolute Gasteiger partial charge is 0.460 e. The Bertz CT molecular complexity index is 1320. The highest BCUT2D eigenvalue weighted by atomic mass is 32.1. The summed E-state index contributed by atoms with van der Waals surface area (Å²) in [7, 11) is 0. The first kappa shape index (κ1) is 16.5. The Morgan fingerprint density at radius 3 is 2.59 bits per heavy atom. The molecule has 3 heterocycles. The zero-order valence-electron chi connectivity index (χ0n) is 16.0. The molecule has 0 bridgehead atoms. The van der Waals surface area contributed by atoms with E-state index in [1.807, 2.05) is 6.92 Å². The Hall–Kier alpha value is -2.65. The fraction of sp³-hybridized carbons (Fsp3) is 0.208. The fourth-order valence-electron chi connectivity index (χ4n) is 3.96. The molecule has 0 saturated carbocycles. The summed E-state index contributed by atoms with van der Waals surface area (Å²) in [4.78, 5) is 6.32. The van der Waals surface area contributed by atoms with Crippen LogP contribution in [0.3, 0.4) is 0 Å². The molecule has 27 heavy (non-hydrogen) atoms. The Labute approximate surface area is 162 Å². The van der Waals surface area contributed by atoms with Gasteiger partial charge in [-0.05, 0) is 60.4 Å². The Balaban J connectivity index is 1.90. The van der Waals surface area contributed by atoms with Crippen molar-refractivity contribution in [3.05, 3.63) is 64.7 Å². The topological polar surface area (TPSA) is 26.0 Å².